The number of hydrogen-bond acceptors (Lipinski definition) is 10. The minimum absolute atomic E-state index is 0.0601. The molecule has 0 saturated carbocycles. The van der Waals surface area contributed by atoms with E-state index in [4.69, 9.17) is 4.74 Å². The molecule has 0 aliphatic heterocycles. The first-order chi connectivity index (χ1) is 20.9. The highest BCUT2D eigenvalue weighted by Crippen LogP contribution is 2.33. The number of ether oxygens (including phenoxy) is 2. The van der Waals surface area contributed by atoms with Crippen molar-refractivity contribution in [3.8, 4) is 16.9 Å². The molecule has 0 fully saturated rings. The monoisotopic (exact) mass is 656 g/mol. The summed E-state index contributed by atoms with van der Waals surface area (Å²) < 4.78 is 78.2. The Balaban J connectivity index is 1.70. The van der Waals surface area contributed by atoms with Crippen molar-refractivity contribution in [2.24, 2.45) is 5.28 Å². The summed E-state index contributed by atoms with van der Waals surface area (Å²) in [6.07, 6.45) is -6.07. The van der Waals surface area contributed by atoms with Crippen molar-refractivity contribution in [1.82, 2.24) is 19.5 Å². The molecule has 0 saturated heterocycles. The number of nitrogens with one attached hydrogen (secondary N) is 1. The summed E-state index contributed by atoms with van der Waals surface area (Å²) in [5, 5.41) is 20.3. The number of aryl methyl sites for hydroxylation is 1. The molecule has 3 aromatic rings. The minimum Gasteiger partial charge on any atom is -0.569 e. The van der Waals surface area contributed by atoms with Crippen LogP contribution < -0.4 is 4.72 Å². The third-order valence-electron chi connectivity index (χ3n) is 5.92. The number of hydrogen-bond donors (Lipinski definition) is 1. The third-order valence-corrected chi connectivity index (χ3v) is 7.24. The van der Waals surface area contributed by atoms with Crippen LogP contribution in [0.15, 0.2) is 64.8 Å². The smallest absolute Gasteiger partial charge is 0.435 e. The Bertz CT molecular complexity index is 1630. The highest BCUT2D eigenvalue weighted by atomic mass is 32.2. The van der Waals surface area contributed by atoms with E-state index in [9.17, 15) is 36.4 Å². The van der Waals surface area contributed by atoms with Crippen molar-refractivity contribution in [2.75, 3.05) is 19.9 Å². The number of hydrazine groups is 1. The molecule has 3 rings (SSSR count). The second-order valence-corrected chi connectivity index (χ2v) is 12.1. The number of amides is 1. The van der Waals surface area contributed by atoms with E-state index < -0.39 is 52.9 Å². The van der Waals surface area contributed by atoms with E-state index in [1.807, 2.05) is 6.92 Å². The van der Waals surface area contributed by atoms with Gasteiger partial charge in [0, 0.05) is 12.5 Å². The van der Waals surface area contributed by atoms with Crippen molar-refractivity contribution in [1.29, 1.82) is 0 Å². The summed E-state index contributed by atoms with van der Waals surface area (Å²) in [7, 11) is -4.46. The number of benzene rings is 2. The highest BCUT2D eigenvalue weighted by molar-refractivity contribution is 7.90. The van der Waals surface area contributed by atoms with Crippen LogP contribution in [0.2, 0.25) is 0 Å². The lowest BCUT2D eigenvalue weighted by Gasteiger charge is -2.29. The van der Waals surface area contributed by atoms with Crippen molar-refractivity contribution >= 4 is 22.1 Å². The number of nitrogens with zero attached hydrogens (tertiary/aromatic N) is 5. The lowest BCUT2D eigenvalue weighted by Crippen LogP contribution is -2.48. The zero-order valence-corrected chi connectivity index (χ0v) is 25.7. The molecule has 0 unspecified atom stereocenters. The van der Waals surface area contributed by atoms with Crippen LogP contribution in [0.4, 0.5) is 18.0 Å². The summed E-state index contributed by atoms with van der Waals surface area (Å²) in [6.45, 7) is 6.61. The van der Waals surface area contributed by atoms with Crippen molar-refractivity contribution in [2.45, 2.75) is 51.2 Å². The van der Waals surface area contributed by atoms with E-state index in [2.05, 4.69) is 20.0 Å². The molecule has 0 aliphatic carbocycles. The number of carbonyl (C=O) groups is 2. The SMILES string of the molecule is CC(=O)OCO/N=[N+](\[O-])N(CCOC(=O)NS(=O)(=O)c1ccc(-n2nc(C(F)(F)F)cc2-c2ccc(C)cc2)cc1)C(C)(C)C. The Morgan fingerprint density at radius 2 is 1.69 bits per heavy atom. The van der Waals surface area contributed by atoms with Crippen LogP contribution in [-0.2, 0) is 35.3 Å². The normalized spacial score (nSPS) is 12.4. The van der Waals surface area contributed by atoms with Gasteiger partial charge in [-0.2, -0.15) is 18.3 Å². The first-order valence-electron chi connectivity index (χ1n) is 13.1. The average Bonchev–Trinajstić information content (AvgIpc) is 3.39. The quantitative estimate of drug-likeness (QED) is 0.0762. The summed E-state index contributed by atoms with van der Waals surface area (Å²) in [6, 6.07) is 12.3. The van der Waals surface area contributed by atoms with Crippen molar-refractivity contribution < 1.29 is 50.5 Å². The van der Waals surface area contributed by atoms with Gasteiger partial charge in [-0.15, -0.1) is 5.01 Å². The zero-order chi connectivity index (χ0) is 33.6. The van der Waals surface area contributed by atoms with Gasteiger partial charge >= 0.3 is 18.2 Å². The van der Waals surface area contributed by atoms with Gasteiger partial charge in [0.15, 0.2) is 5.69 Å². The molecular formula is C27H31F3N6O8S. The van der Waals surface area contributed by atoms with Gasteiger partial charge < -0.3 is 19.5 Å². The second kappa shape index (κ2) is 13.8. The van der Waals surface area contributed by atoms with E-state index in [1.54, 1.807) is 49.8 Å². The summed E-state index contributed by atoms with van der Waals surface area (Å²) in [4.78, 5) is 27.3. The van der Waals surface area contributed by atoms with Gasteiger partial charge in [0.1, 0.15) is 13.2 Å². The van der Waals surface area contributed by atoms with Gasteiger partial charge in [-0.3, -0.25) is 4.79 Å². The van der Waals surface area contributed by atoms with Crippen molar-refractivity contribution in [3.05, 3.63) is 71.1 Å². The topological polar surface area (TPSA) is 167 Å². The Hall–Kier alpha value is -4.87. The van der Waals surface area contributed by atoms with Crippen LogP contribution in [-0.4, -0.2) is 65.7 Å². The molecule has 1 aromatic heterocycles. The molecule has 1 amide bonds. The van der Waals surface area contributed by atoms with E-state index in [1.165, 1.54) is 12.1 Å². The molecule has 0 bridgehead atoms. The van der Waals surface area contributed by atoms with Crippen LogP contribution in [0, 0.1) is 12.1 Å². The Labute approximate surface area is 256 Å². The minimum atomic E-state index is -4.72. The fourth-order valence-electron chi connectivity index (χ4n) is 3.74. The largest absolute Gasteiger partial charge is 0.569 e. The Morgan fingerprint density at radius 1 is 1.07 bits per heavy atom. The maximum Gasteiger partial charge on any atom is 0.435 e. The molecule has 2 aromatic carbocycles. The van der Waals surface area contributed by atoms with Gasteiger partial charge in [0.2, 0.25) is 5.28 Å². The molecule has 1 heterocycles. The number of halogens is 3. The number of alkyl halides is 3. The molecule has 0 radical (unpaired) electrons. The van der Waals surface area contributed by atoms with E-state index >= 15 is 0 Å². The average molecular weight is 657 g/mol. The predicted molar refractivity (Wildman–Crippen MR) is 151 cm³/mol. The molecule has 1 N–H and O–H groups in total. The molecule has 0 spiro atoms. The summed E-state index contributed by atoms with van der Waals surface area (Å²) in [5.41, 5.74) is -0.360. The van der Waals surface area contributed by atoms with Crippen LogP contribution >= 0.6 is 0 Å². The highest BCUT2D eigenvalue weighted by Gasteiger charge is 2.35. The molecule has 0 aliphatic rings. The van der Waals surface area contributed by atoms with Gasteiger partial charge in [-0.25, -0.2) is 22.6 Å². The Morgan fingerprint density at radius 3 is 2.24 bits per heavy atom. The molecule has 18 heteroatoms. The van der Waals surface area contributed by atoms with Gasteiger partial charge in [0.05, 0.1) is 26.8 Å². The summed E-state index contributed by atoms with van der Waals surface area (Å²) in [5.74, 6) is -0.648. The maximum absolute atomic E-state index is 13.5. The number of rotatable bonds is 11. The zero-order valence-electron chi connectivity index (χ0n) is 24.9. The standard InChI is InChI=1S/C27H31F3N6O8S/c1-18-6-8-20(9-7-18)23-16-24(27(28,29)30)31-35(23)21-10-12-22(13-11-21)45(40,41)32-25(38)42-15-14-34(26(3,4)5)36(39)33-44-17-43-19(2)37/h6-13,16H,14-15,17H2,1-5H3,(H,32,38)/b36-33-. The lowest BCUT2D eigenvalue weighted by atomic mass is 10.1. The molecular weight excluding hydrogens is 625 g/mol. The first-order valence-corrected chi connectivity index (χ1v) is 14.6. The lowest BCUT2D eigenvalue weighted by molar-refractivity contribution is -0.726. The number of carbonyl (C=O) groups excluding carboxylic acids is 2. The van der Waals surface area contributed by atoms with E-state index in [0.717, 1.165) is 40.4 Å². The maximum atomic E-state index is 13.5. The van der Waals surface area contributed by atoms with Crippen LogP contribution in [0.3, 0.4) is 0 Å². The molecule has 14 nitrogen and oxygen atoms in total. The van der Waals surface area contributed by atoms with E-state index in [0.29, 0.717) is 5.56 Å². The van der Waals surface area contributed by atoms with Crippen LogP contribution in [0.25, 0.3) is 16.9 Å². The third kappa shape index (κ3) is 9.56. The molecule has 0 atom stereocenters. The first kappa shape index (κ1) is 34.6. The van der Waals surface area contributed by atoms with Gasteiger partial charge in [-0.05, 0) is 58.0 Å². The number of aromatic nitrogens is 2. The Kier molecular flexibility index (Phi) is 10.6. The number of sulfonamides is 1. The fraction of sp³-hybridized carbons (Fsp3) is 0.370. The predicted octanol–water partition coefficient (Wildman–Crippen LogP) is 4.71. The van der Waals surface area contributed by atoms with Crippen molar-refractivity contribution in [3.63, 3.8) is 0 Å². The van der Waals surface area contributed by atoms with Gasteiger partial charge in [0.25, 0.3) is 16.8 Å². The van der Waals surface area contributed by atoms with Crippen LogP contribution in [0.1, 0.15) is 39.0 Å². The molecule has 45 heavy (non-hydrogen) atoms. The van der Waals surface area contributed by atoms with E-state index in [-0.39, 0.29) is 27.8 Å². The summed E-state index contributed by atoms with van der Waals surface area (Å²) >= 11 is 0. The molecule has 244 valence electrons. The van der Waals surface area contributed by atoms with Crippen LogP contribution in [0.5, 0.6) is 0 Å². The fourth-order valence-corrected chi connectivity index (χ4v) is 4.63. The second-order valence-electron chi connectivity index (χ2n) is 10.4. The van der Waals surface area contributed by atoms with Gasteiger partial charge in [-0.1, -0.05) is 29.8 Å². The number of esters is 1.